The zero-order valence-corrected chi connectivity index (χ0v) is 14.5. The van der Waals surface area contributed by atoms with Gasteiger partial charge in [0.15, 0.2) is 0 Å². The van der Waals surface area contributed by atoms with Crippen LogP contribution in [-0.2, 0) is 18.3 Å². The van der Waals surface area contributed by atoms with Crippen LogP contribution in [0.4, 0.5) is 5.82 Å². The van der Waals surface area contributed by atoms with Crippen molar-refractivity contribution >= 4 is 23.3 Å². The number of hydrogen-bond donors (Lipinski definition) is 1. The molecule has 0 saturated carbocycles. The van der Waals surface area contributed by atoms with E-state index in [1.54, 1.807) is 12.1 Å². The third-order valence-corrected chi connectivity index (χ3v) is 4.55. The highest BCUT2D eigenvalue weighted by Crippen LogP contribution is 2.19. The number of nitrogens with one attached hydrogen (secondary N) is 1. The van der Waals surface area contributed by atoms with Crippen LogP contribution in [0, 0.1) is 5.92 Å². The third-order valence-electron chi connectivity index (χ3n) is 4.33. The summed E-state index contributed by atoms with van der Waals surface area (Å²) in [5.74, 6) is 0.595. The molecule has 0 bridgehead atoms. The molecule has 1 fully saturated rings. The van der Waals surface area contributed by atoms with E-state index in [9.17, 15) is 4.79 Å². The Kier molecular flexibility index (Phi) is 5.48. The molecule has 1 amide bonds. The van der Waals surface area contributed by atoms with Crippen LogP contribution in [0.5, 0.6) is 0 Å². The van der Waals surface area contributed by atoms with Gasteiger partial charge in [0.25, 0.3) is 0 Å². The van der Waals surface area contributed by atoms with E-state index in [-0.39, 0.29) is 11.8 Å². The summed E-state index contributed by atoms with van der Waals surface area (Å²) in [7, 11) is 1.93. The Morgan fingerprint density at radius 3 is 3.00 bits per heavy atom. The van der Waals surface area contributed by atoms with Crippen molar-refractivity contribution in [3.63, 3.8) is 0 Å². The van der Waals surface area contributed by atoms with Crippen LogP contribution in [-0.4, -0.2) is 45.2 Å². The first-order valence-electron chi connectivity index (χ1n) is 8.22. The Balaban J connectivity index is 1.50. The highest BCUT2D eigenvalue weighted by molar-refractivity contribution is 6.30. The van der Waals surface area contributed by atoms with Crippen LogP contribution in [0.2, 0.25) is 5.02 Å². The molecule has 1 aliphatic rings. The number of anilines is 1. The first kappa shape index (κ1) is 16.9. The van der Waals surface area contributed by atoms with Gasteiger partial charge in [-0.2, -0.15) is 5.10 Å². The molecule has 1 atom stereocenters. The lowest BCUT2D eigenvalue weighted by molar-refractivity contribution is -0.121. The molecule has 1 aliphatic heterocycles. The molecule has 3 heterocycles. The van der Waals surface area contributed by atoms with Gasteiger partial charge in [-0.15, -0.1) is 0 Å². The first-order chi connectivity index (χ1) is 11.6. The van der Waals surface area contributed by atoms with Gasteiger partial charge in [0, 0.05) is 32.5 Å². The Morgan fingerprint density at radius 2 is 2.29 bits per heavy atom. The number of aryl methyl sites for hydroxylation is 1. The van der Waals surface area contributed by atoms with Gasteiger partial charge in [-0.3, -0.25) is 9.48 Å². The lowest BCUT2D eigenvalue weighted by atomic mass is 9.97. The summed E-state index contributed by atoms with van der Waals surface area (Å²) in [6, 6.07) is 3.45. The molecule has 128 valence electrons. The number of pyridine rings is 1. The van der Waals surface area contributed by atoms with Crippen LogP contribution in [0.3, 0.4) is 0 Å². The predicted molar refractivity (Wildman–Crippen MR) is 94.0 cm³/mol. The summed E-state index contributed by atoms with van der Waals surface area (Å²) >= 11 is 5.81. The number of rotatable bonds is 5. The second-order valence-electron chi connectivity index (χ2n) is 6.26. The van der Waals surface area contributed by atoms with Crippen LogP contribution in [0.1, 0.15) is 18.4 Å². The molecule has 0 unspecified atom stereocenters. The number of amides is 1. The van der Waals surface area contributed by atoms with Gasteiger partial charge in [-0.05, 0) is 43.5 Å². The van der Waals surface area contributed by atoms with E-state index < -0.39 is 0 Å². The number of carbonyl (C=O) groups excluding carboxylic acids is 1. The van der Waals surface area contributed by atoms with Gasteiger partial charge in [-0.25, -0.2) is 4.98 Å². The minimum Gasteiger partial charge on any atom is -0.310 e. The monoisotopic (exact) mass is 347 g/mol. The molecule has 1 saturated heterocycles. The molecule has 0 aliphatic carbocycles. The second kappa shape index (κ2) is 7.77. The van der Waals surface area contributed by atoms with Gasteiger partial charge in [0.2, 0.25) is 5.91 Å². The minimum atomic E-state index is 0.00475. The molecule has 6 nitrogen and oxygen atoms in total. The maximum absolute atomic E-state index is 12.5. The number of aromatic nitrogens is 3. The Bertz CT molecular complexity index is 685. The van der Waals surface area contributed by atoms with E-state index in [2.05, 4.69) is 20.3 Å². The maximum atomic E-state index is 12.5. The molecule has 0 radical (unpaired) electrons. The van der Waals surface area contributed by atoms with Crippen molar-refractivity contribution in [2.75, 3.05) is 25.0 Å². The van der Waals surface area contributed by atoms with Crippen molar-refractivity contribution in [3.05, 3.63) is 41.3 Å². The van der Waals surface area contributed by atoms with Crippen molar-refractivity contribution in [2.24, 2.45) is 13.0 Å². The smallest absolute Gasteiger partial charge is 0.229 e. The van der Waals surface area contributed by atoms with Crippen molar-refractivity contribution in [1.82, 2.24) is 19.7 Å². The molecule has 1 N–H and O–H groups in total. The average molecular weight is 348 g/mol. The first-order valence-corrected chi connectivity index (χ1v) is 8.60. The largest absolute Gasteiger partial charge is 0.310 e. The van der Waals surface area contributed by atoms with E-state index in [0.717, 1.165) is 38.9 Å². The van der Waals surface area contributed by atoms with Crippen molar-refractivity contribution < 1.29 is 4.79 Å². The maximum Gasteiger partial charge on any atom is 0.229 e. The van der Waals surface area contributed by atoms with Crippen LogP contribution < -0.4 is 5.32 Å². The number of halogens is 1. The summed E-state index contributed by atoms with van der Waals surface area (Å²) in [5.41, 5.74) is 1.23. The topological polar surface area (TPSA) is 63.1 Å². The van der Waals surface area contributed by atoms with Gasteiger partial charge in [-0.1, -0.05) is 11.6 Å². The number of piperidine rings is 1. The number of carbonyl (C=O) groups is 1. The van der Waals surface area contributed by atoms with E-state index in [0.29, 0.717) is 10.8 Å². The third kappa shape index (κ3) is 4.55. The highest BCUT2D eigenvalue weighted by atomic mass is 35.5. The Labute approximate surface area is 146 Å². The zero-order chi connectivity index (χ0) is 16.9. The van der Waals surface area contributed by atoms with E-state index in [1.165, 1.54) is 11.8 Å². The standard InChI is InChI=1S/C17H22ClN5O/c1-22-11-13(9-20-22)6-8-23-7-2-3-14(12-23)17(24)21-16-5-4-15(18)10-19-16/h4-5,9-11,14H,2-3,6-8,12H2,1H3,(H,19,21,24)/t14-/m1/s1. The van der Waals surface area contributed by atoms with Gasteiger partial charge >= 0.3 is 0 Å². The minimum absolute atomic E-state index is 0.00475. The van der Waals surface area contributed by atoms with Crippen LogP contribution in [0.15, 0.2) is 30.7 Å². The van der Waals surface area contributed by atoms with Crippen molar-refractivity contribution in [2.45, 2.75) is 19.3 Å². The second-order valence-corrected chi connectivity index (χ2v) is 6.70. The summed E-state index contributed by atoms with van der Waals surface area (Å²) in [6.45, 7) is 2.79. The normalized spacial score (nSPS) is 18.5. The van der Waals surface area contributed by atoms with Crippen LogP contribution in [0.25, 0.3) is 0 Å². The highest BCUT2D eigenvalue weighted by Gasteiger charge is 2.25. The lowest BCUT2D eigenvalue weighted by Gasteiger charge is -2.31. The molecular weight excluding hydrogens is 326 g/mol. The number of hydrogen-bond acceptors (Lipinski definition) is 4. The number of likely N-dealkylation sites (tertiary alicyclic amines) is 1. The number of nitrogens with zero attached hydrogens (tertiary/aromatic N) is 4. The Morgan fingerprint density at radius 1 is 1.42 bits per heavy atom. The molecule has 0 aromatic carbocycles. The van der Waals surface area contributed by atoms with Crippen molar-refractivity contribution in [3.8, 4) is 0 Å². The summed E-state index contributed by atoms with van der Waals surface area (Å²) in [6.07, 6.45) is 8.40. The molecule has 2 aromatic heterocycles. The molecule has 3 rings (SSSR count). The molecule has 0 spiro atoms. The quantitative estimate of drug-likeness (QED) is 0.901. The fourth-order valence-electron chi connectivity index (χ4n) is 3.04. The lowest BCUT2D eigenvalue weighted by Crippen LogP contribution is -2.41. The van der Waals surface area contributed by atoms with Crippen molar-refractivity contribution in [1.29, 1.82) is 0 Å². The summed E-state index contributed by atoms with van der Waals surface area (Å²) in [5, 5.41) is 7.64. The van der Waals surface area contributed by atoms with E-state index in [1.807, 2.05) is 24.1 Å². The van der Waals surface area contributed by atoms with E-state index in [4.69, 9.17) is 11.6 Å². The predicted octanol–water partition coefficient (Wildman–Crippen LogP) is 2.36. The van der Waals surface area contributed by atoms with E-state index >= 15 is 0 Å². The van der Waals surface area contributed by atoms with Crippen LogP contribution >= 0.6 is 11.6 Å². The zero-order valence-electron chi connectivity index (χ0n) is 13.8. The summed E-state index contributed by atoms with van der Waals surface area (Å²) < 4.78 is 1.82. The molecule has 2 aromatic rings. The molecule has 24 heavy (non-hydrogen) atoms. The fourth-order valence-corrected chi connectivity index (χ4v) is 3.15. The average Bonchev–Trinajstić information content (AvgIpc) is 3.01. The fraction of sp³-hybridized carbons (Fsp3) is 0.471. The molecule has 7 heteroatoms. The summed E-state index contributed by atoms with van der Waals surface area (Å²) in [4.78, 5) is 18.9. The molecular formula is C17H22ClN5O. The SMILES string of the molecule is Cn1cc(CCN2CCC[C@@H](C(=O)Nc3ccc(Cl)cn3)C2)cn1. The van der Waals surface area contributed by atoms with Gasteiger partial charge in [0.05, 0.1) is 17.1 Å². The van der Waals surface area contributed by atoms with Gasteiger partial charge < -0.3 is 10.2 Å². The Hall–Kier alpha value is -1.92. The van der Waals surface area contributed by atoms with Gasteiger partial charge in [0.1, 0.15) is 5.82 Å².